The summed E-state index contributed by atoms with van der Waals surface area (Å²) in [5.41, 5.74) is 0.792. The Morgan fingerprint density at radius 2 is 2.05 bits per heavy atom. The van der Waals surface area contributed by atoms with E-state index in [0.29, 0.717) is 5.92 Å². The van der Waals surface area contributed by atoms with Crippen LogP contribution >= 0.6 is 12.4 Å². The molecule has 0 spiro atoms. The van der Waals surface area contributed by atoms with Crippen molar-refractivity contribution in [3.63, 3.8) is 0 Å². The smallest absolute Gasteiger partial charge is 0.229 e. The third-order valence-corrected chi connectivity index (χ3v) is 4.55. The molecule has 2 atom stereocenters. The largest absolute Gasteiger partial charge is 0.357 e. The molecule has 0 bridgehead atoms. The molecular weight excluding hydrogens is 300 g/mol. The topological polar surface area (TPSA) is 57.3 Å². The maximum Gasteiger partial charge on any atom is 0.229 e. The molecule has 3 rings (SSSR count). The predicted octanol–water partition coefficient (Wildman–Crippen LogP) is 2.29. The minimum atomic E-state index is 0. The van der Waals surface area contributed by atoms with E-state index < -0.39 is 0 Å². The quantitative estimate of drug-likeness (QED) is 0.895. The van der Waals surface area contributed by atoms with Crippen LogP contribution in [-0.4, -0.2) is 37.1 Å². The van der Waals surface area contributed by atoms with Gasteiger partial charge in [-0.1, -0.05) is 6.92 Å². The molecule has 3 heterocycles. The van der Waals surface area contributed by atoms with Crippen LogP contribution in [0.1, 0.15) is 26.2 Å². The van der Waals surface area contributed by atoms with Crippen molar-refractivity contribution >= 4 is 29.8 Å². The molecule has 1 aromatic heterocycles. The van der Waals surface area contributed by atoms with E-state index in [9.17, 15) is 4.79 Å². The Morgan fingerprint density at radius 3 is 2.64 bits per heavy atom. The molecule has 0 unspecified atom stereocenters. The van der Waals surface area contributed by atoms with Gasteiger partial charge in [0.05, 0.1) is 17.8 Å². The van der Waals surface area contributed by atoms with E-state index in [1.165, 1.54) is 19.3 Å². The average molecular weight is 325 g/mol. The molecule has 2 saturated heterocycles. The van der Waals surface area contributed by atoms with Gasteiger partial charge in [-0.25, -0.2) is 4.98 Å². The lowest BCUT2D eigenvalue weighted by molar-refractivity contribution is -0.120. The Bertz CT molecular complexity index is 487. The third-order valence-electron chi connectivity index (χ3n) is 4.55. The van der Waals surface area contributed by atoms with E-state index in [2.05, 4.69) is 27.4 Å². The fourth-order valence-corrected chi connectivity index (χ4v) is 3.17. The van der Waals surface area contributed by atoms with Gasteiger partial charge in [-0.05, 0) is 43.9 Å². The number of hydrogen-bond acceptors (Lipinski definition) is 4. The highest BCUT2D eigenvalue weighted by atomic mass is 35.5. The van der Waals surface area contributed by atoms with Crippen molar-refractivity contribution in [2.75, 3.05) is 36.4 Å². The summed E-state index contributed by atoms with van der Waals surface area (Å²) in [6, 6.07) is 3.97. The molecule has 0 aromatic carbocycles. The van der Waals surface area contributed by atoms with Gasteiger partial charge in [0.1, 0.15) is 5.82 Å². The van der Waals surface area contributed by atoms with Crippen LogP contribution in [0.4, 0.5) is 11.5 Å². The molecule has 2 N–H and O–H groups in total. The summed E-state index contributed by atoms with van der Waals surface area (Å²) in [5.74, 6) is 1.57. The van der Waals surface area contributed by atoms with E-state index in [-0.39, 0.29) is 24.2 Å². The van der Waals surface area contributed by atoms with Crippen LogP contribution in [0.5, 0.6) is 0 Å². The normalized spacial score (nSPS) is 24.7. The summed E-state index contributed by atoms with van der Waals surface area (Å²) in [6.07, 6.45) is 5.58. The van der Waals surface area contributed by atoms with E-state index in [1.54, 1.807) is 6.20 Å². The molecule has 2 fully saturated rings. The highest BCUT2D eigenvalue weighted by Crippen LogP contribution is 2.21. The SMILES string of the molecule is C[C@@H]1CNC[C@H]1C(=O)Nc1ccc(N2CCCCC2)nc1.Cl. The van der Waals surface area contributed by atoms with Crippen LogP contribution in [0.2, 0.25) is 0 Å². The lowest BCUT2D eigenvalue weighted by Crippen LogP contribution is -2.30. The standard InChI is InChI=1S/C16H24N4O.ClH/c1-12-9-17-11-14(12)16(21)19-13-5-6-15(18-10-13)20-7-3-2-4-8-20;/h5-6,10,12,14,17H,2-4,7-9,11H2,1H3,(H,19,21);1H/t12-,14-;/m1./s1. The number of aromatic nitrogens is 1. The van der Waals surface area contributed by atoms with Gasteiger partial charge >= 0.3 is 0 Å². The summed E-state index contributed by atoms with van der Waals surface area (Å²) in [7, 11) is 0. The van der Waals surface area contributed by atoms with Crippen molar-refractivity contribution in [3.8, 4) is 0 Å². The Hall–Kier alpha value is -1.33. The molecule has 6 heteroatoms. The van der Waals surface area contributed by atoms with Gasteiger partial charge in [-0.3, -0.25) is 4.79 Å². The monoisotopic (exact) mass is 324 g/mol. The second kappa shape index (κ2) is 7.79. The number of nitrogens with one attached hydrogen (secondary N) is 2. The fraction of sp³-hybridized carbons (Fsp3) is 0.625. The van der Waals surface area contributed by atoms with Gasteiger partial charge in [0, 0.05) is 19.6 Å². The molecule has 0 aliphatic carbocycles. The summed E-state index contributed by atoms with van der Waals surface area (Å²) in [4.78, 5) is 19.0. The Labute approximate surface area is 138 Å². The number of carbonyl (C=O) groups excluding carboxylic acids is 1. The van der Waals surface area contributed by atoms with Crippen molar-refractivity contribution in [2.45, 2.75) is 26.2 Å². The van der Waals surface area contributed by atoms with Crippen LogP contribution in [0.3, 0.4) is 0 Å². The van der Waals surface area contributed by atoms with Crippen molar-refractivity contribution in [2.24, 2.45) is 11.8 Å². The van der Waals surface area contributed by atoms with Gasteiger partial charge in [-0.15, -0.1) is 12.4 Å². The Kier molecular flexibility index (Phi) is 6.03. The van der Waals surface area contributed by atoms with Gasteiger partial charge in [0.25, 0.3) is 0 Å². The number of nitrogens with zero attached hydrogens (tertiary/aromatic N) is 2. The number of carbonyl (C=O) groups is 1. The van der Waals surface area contributed by atoms with Crippen LogP contribution < -0.4 is 15.5 Å². The second-order valence-electron chi connectivity index (χ2n) is 6.18. The molecule has 0 radical (unpaired) electrons. The lowest BCUT2D eigenvalue weighted by atomic mass is 9.97. The predicted molar refractivity (Wildman–Crippen MR) is 91.7 cm³/mol. The molecular formula is C16H25ClN4O. The van der Waals surface area contributed by atoms with Crippen molar-refractivity contribution < 1.29 is 4.79 Å². The number of halogens is 1. The summed E-state index contributed by atoms with van der Waals surface area (Å²) >= 11 is 0. The number of pyridine rings is 1. The first-order chi connectivity index (χ1) is 10.2. The van der Waals surface area contributed by atoms with E-state index in [1.807, 2.05) is 12.1 Å². The maximum atomic E-state index is 12.2. The summed E-state index contributed by atoms with van der Waals surface area (Å²) < 4.78 is 0. The van der Waals surface area contributed by atoms with Gasteiger partial charge in [0.15, 0.2) is 0 Å². The molecule has 22 heavy (non-hydrogen) atoms. The van der Waals surface area contributed by atoms with E-state index >= 15 is 0 Å². The zero-order chi connectivity index (χ0) is 14.7. The zero-order valence-corrected chi connectivity index (χ0v) is 13.9. The van der Waals surface area contributed by atoms with Crippen LogP contribution in [0.25, 0.3) is 0 Å². The lowest BCUT2D eigenvalue weighted by Gasteiger charge is -2.27. The number of rotatable bonds is 3. The van der Waals surface area contributed by atoms with Crippen molar-refractivity contribution in [3.05, 3.63) is 18.3 Å². The molecule has 2 aliphatic rings. The first-order valence-corrected chi connectivity index (χ1v) is 7.96. The fourth-order valence-electron chi connectivity index (χ4n) is 3.17. The number of piperidine rings is 1. The highest BCUT2D eigenvalue weighted by Gasteiger charge is 2.29. The van der Waals surface area contributed by atoms with E-state index in [0.717, 1.165) is 37.7 Å². The van der Waals surface area contributed by atoms with Crippen molar-refractivity contribution in [1.82, 2.24) is 10.3 Å². The van der Waals surface area contributed by atoms with Crippen molar-refractivity contribution in [1.29, 1.82) is 0 Å². The number of amides is 1. The molecule has 5 nitrogen and oxygen atoms in total. The Balaban J connectivity index is 0.00000176. The number of hydrogen-bond donors (Lipinski definition) is 2. The number of anilines is 2. The highest BCUT2D eigenvalue weighted by molar-refractivity contribution is 5.93. The minimum absolute atomic E-state index is 0. The summed E-state index contributed by atoms with van der Waals surface area (Å²) in [6.45, 7) is 5.98. The average Bonchev–Trinajstić information content (AvgIpc) is 2.95. The third kappa shape index (κ3) is 3.90. The molecule has 1 amide bonds. The van der Waals surface area contributed by atoms with Crippen LogP contribution in [0.15, 0.2) is 18.3 Å². The minimum Gasteiger partial charge on any atom is -0.357 e. The Morgan fingerprint density at radius 1 is 1.27 bits per heavy atom. The molecule has 2 aliphatic heterocycles. The first-order valence-electron chi connectivity index (χ1n) is 7.96. The first kappa shape index (κ1) is 17.0. The molecule has 122 valence electrons. The summed E-state index contributed by atoms with van der Waals surface area (Å²) in [5, 5.41) is 6.24. The molecule has 0 saturated carbocycles. The maximum absolute atomic E-state index is 12.2. The van der Waals surface area contributed by atoms with Gasteiger partial charge in [-0.2, -0.15) is 0 Å². The second-order valence-corrected chi connectivity index (χ2v) is 6.18. The van der Waals surface area contributed by atoms with Crippen LogP contribution in [-0.2, 0) is 4.79 Å². The van der Waals surface area contributed by atoms with Gasteiger partial charge < -0.3 is 15.5 Å². The zero-order valence-electron chi connectivity index (χ0n) is 13.0. The van der Waals surface area contributed by atoms with E-state index in [4.69, 9.17) is 0 Å². The van der Waals surface area contributed by atoms with Crippen LogP contribution in [0, 0.1) is 11.8 Å². The molecule has 1 aromatic rings. The van der Waals surface area contributed by atoms with Gasteiger partial charge in [0.2, 0.25) is 5.91 Å².